The van der Waals surface area contributed by atoms with Gasteiger partial charge >= 0.3 is 0 Å². The second kappa shape index (κ2) is 5.06. The van der Waals surface area contributed by atoms with Crippen molar-refractivity contribution in [1.82, 2.24) is 9.78 Å². The van der Waals surface area contributed by atoms with Crippen molar-refractivity contribution in [3.63, 3.8) is 0 Å². The van der Waals surface area contributed by atoms with E-state index in [1.54, 1.807) is 0 Å². The molecule has 2 unspecified atom stereocenters. The summed E-state index contributed by atoms with van der Waals surface area (Å²) in [6.45, 7) is 4.68. The Bertz CT molecular complexity index is 571. The lowest BCUT2D eigenvalue weighted by atomic mass is 9.77. The Morgan fingerprint density at radius 1 is 1.25 bits per heavy atom. The SMILES string of the molecule is CC1(C)CCCC1C(N)c1ccnn1-c1ccccc1. The zero-order valence-corrected chi connectivity index (χ0v) is 12.3. The van der Waals surface area contributed by atoms with Gasteiger partial charge in [-0.3, -0.25) is 0 Å². The van der Waals surface area contributed by atoms with E-state index in [1.165, 1.54) is 19.3 Å². The van der Waals surface area contributed by atoms with Gasteiger partial charge in [0.1, 0.15) is 0 Å². The first-order valence-corrected chi connectivity index (χ1v) is 7.44. The Balaban J connectivity index is 1.94. The average molecular weight is 269 g/mol. The molecule has 0 saturated heterocycles. The van der Waals surface area contributed by atoms with Crippen LogP contribution in [0.15, 0.2) is 42.6 Å². The first kappa shape index (κ1) is 13.4. The monoisotopic (exact) mass is 269 g/mol. The minimum atomic E-state index is 0.0511. The summed E-state index contributed by atoms with van der Waals surface area (Å²) >= 11 is 0. The molecule has 0 spiro atoms. The Morgan fingerprint density at radius 3 is 2.65 bits per heavy atom. The summed E-state index contributed by atoms with van der Waals surface area (Å²) in [7, 11) is 0. The predicted octanol–water partition coefficient (Wildman–Crippen LogP) is 3.70. The van der Waals surface area contributed by atoms with Gasteiger partial charge in [0.2, 0.25) is 0 Å². The highest BCUT2D eigenvalue weighted by atomic mass is 15.3. The van der Waals surface area contributed by atoms with E-state index in [4.69, 9.17) is 5.73 Å². The van der Waals surface area contributed by atoms with Gasteiger partial charge in [0.05, 0.1) is 17.4 Å². The van der Waals surface area contributed by atoms with Crippen LogP contribution < -0.4 is 5.73 Å². The summed E-state index contributed by atoms with van der Waals surface area (Å²) in [4.78, 5) is 0. The molecule has 1 fully saturated rings. The molecule has 106 valence electrons. The van der Waals surface area contributed by atoms with E-state index in [9.17, 15) is 0 Å². The molecule has 1 saturated carbocycles. The number of para-hydroxylation sites is 1. The van der Waals surface area contributed by atoms with Crippen molar-refractivity contribution in [3.05, 3.63) is 48.3 Å². The van der Waals surface area contributed by atoms with E-state index in [0.717, 1.165) is 11.4 Å². The molecule has 1 heterocycles. The van der Waals surface area contributed by atoms with Gasteiger partial charge in [-0.25, -0.2) is 4.68 Å². The molecule has 2 aromatic rings. The number of aromatic nitrogens is 2. The maximum absolute atomic E-state index is 6.60. The van der Waals surface area contributed by atoms with Crippen molar-refractivity contribution in [1.29, 1.82) is 0 Å². The van der Waals surface area contributed by atoms with Gasteiger partial charge in [-0.05, 0) is 42.4 Å². The number of nitrogens with two attached hydrogens (primary N) is 1. The summed E-state index contributed by atoms with van der Waals surface area (Å²) in [5.74, 6) is 0.529. The summed E-state index contributed by atoms with van der Waals surface area (Å²) in [5.41, 5.74) is 9.13. The smallest absolute Gasteiger partial charge is 0.0649 e. The van der Waals surface area contributed by atoms with E-state index in [-0.39, 0.29) is 6.04 Å². The molecule has 0 aliphatic heterocycles. The number of hydrogen-bond acceptors (Lipinski definition) is 2. The Labute approximate surface area is 120 Å². The van der Waals surface area contributed by atoms with Gasteiger partial charge in [0.25, 0.3) is 0 Å². The average Bonchev–Trinajstić information content (AvgIpc) is 3.05. The predicted molar refractivity (Wildman–Crippen MR) is 81.6 cm³/mol. The fourth-order valence-electron chi connectivity index (χ4n) is 3.58. The van der Waals surface area contributed by atoms with Crippen LogP contribution in [0.1, 0.15) is 44.8 Å². The highest BCUT2D eigenvalue weighted by Crippen LogP contribution is 2.47. The molecule has 1 aromatic carbocycles. The van der Waals surface area contributed by atoms with Crippen LogP contribution in [0.25, 0.3) is 5.69 Å². The van der Waals surface area contributed by atoms with Crippen LogP contribution in [0.4, 0.5) is 0 Å². The normalized spacial score (nSPS) is 22.9. The van der Waals surface area contributed by atoms with Crippen molar-refractivity contribution >= 4 is 0 Å². The Morgan fingerprint density at radius 2 is 2.00 bits per heavy atom. The lowest BCUT2D eigenvalue weighted by Crippen LogP contribution is -2.31. The van der Waals surface area contributed by atoms with Gasteiger partial charge in [0, 0.05) is 6.20 Å². The quantitative estimate of drug-likeness (QED) is 0.923. The number of nitrogens with zero attached hydrogens (tertiary/aromatic N) is 2. The van der Waals surface area contributed by atoms with Crippen LogP contribution in [0.2, 0.25) is 0 Å². The molecular formula is C17H23N3. The largest absolute Gasteiger partial charge is 0.322 e. The zero-order valence-electron chi connectivity index (χ0n) is 12.3. The summed E-state index contributed by atoms with van der Waals surface area (Å²) in [5, 5.41) is 4.46. The van der Waals surface area contributed by atoms with Gasteiger partial charge < -0.3 is 5.73 Å². The van der Waals surface area contributed by atoms with Gasteiger partial charge in [-0.15, -0.1) is 0 Å². The Hall–Kier alpha value is -1.61. The van der Waals surface area contributed by atoms with Gasteiger partial charge in [-0.2, -0.15) is 5.10 Å². The second-order valence-corrected chi connectivity index (χ2v) is 6.52. The molecule has 0 bridgehead atoms. The molecule has 0 radical (unpaired) electrons. The van der Waals surface area contributed by atoms with Gasteiger partial charge in [-0.1, -0.05) is 38.5 Å². The Kier molecular flexibility index (Phi) is 3.38. The minimum Gasteiger partial charge on any atom is -0.322 e. The maximum atomic E-state index is 6.60. The van der Waals surface area contributed by atoms with Crippen LogP contribution in [-0.2, 0) is 0 Å². The summed E-state index contributed by atoms with van der Waals surface area (Å²) in [6.07, 6.45) is 5.62. The first-order valence-electron chi connectivity index (χ1n) is 7.44. The fourth-order valence-corrected chi connectivity index (χ4v) is 3.58. The van der Waals surface area contributed by atoms with Crippen molar-refractivity contribution in [2.45, 2.75) is 39.2 Å². The lowest BCUT2D eigenvalue weighted by Gasteiger charge is -2.32. The third kappa shape index (κ3) is 2.27. The zero-order chi connectivity index (χ0) is 14.2. The second-order valence-electron chi connectivity index (χ2n) is 6.52. The number of benzene rings is 1. The molecule has 3 nitrogen and oxygen atoms in total. The molecule has 1 aliphatic rings. The highest BCUT2D eigenvalue weighted by molar-refractivity contribution is 5.33. The van der Waals surface area contributed by atoms with Crippen molar-refractivity contribution in [3.8, 4) is 5.69 Å². The summed E-state index contributed by atoms with van der Waals surface area (Å²) in [6, 6.07) is 12.3. The highest BCUT2D eigenvalue weighted by Gasteiger charge is 2.39. The van der Waals surface area contributed by atoms with E-state index >= 15 is 0 Å². The molecule has 3 heteroatoms. The van der Waals surface area contributed by atoms with E-state index in [2.05, 4.69) is 37.1 Å². The molecular weight excluding hydrogens is 246 g/mol. The van der Waals surface area contributed by atoms with E-state index < -0.39 is 0 Å². The number of hydrogen-bond donors (Lipinski definition) is 1. The molecule has 3 rings (SSSR count). The van der Waals surface area contributed by atoms with Crippen molar-refractivity contribution < 1.29 is 0 Å². The van der Waals surface area contributed by atoms with Crippen LogP contribution in [0, 0.1) is 11.3 Å². The lowest BCUT2D eigenvalue weighted by molar-refractivity contribution is 0.218. The van der Waals surface area contributed by atoms with Crippen molar-refractivity contribution in [2.24, 2.45) is 17.1 Å². The minimum absolute atomic E-state index is 0.0511. The molecule has 2 atom stereocenters. The van der Waals surface area contributed by atoms with Crippen LogP contribution in [-0.4, -0.2) is 9.78 Å². The molecule has 20 heavy (non-hydrogen) atoms. The molecule has 1 aliphatic carbocycles. The maximum Gasteiger partial charge on any atom is 0.0649 e. The fraction of sp³-hybridized carbons (Fsp3) is 0.471. The molecule has 0 amide bonds. The van der Waals surface area contributed by atoms with Crippen LogP contribution >= 0.6 is 0 Å². The topological polar surface area (TPSA) is 43.8 Å². The van der Waals surface area contributed by atoms with Crippen LogP contribution in [0.5, 0.6) is 0 Å². The first-order chi connectivity index (χ1) is 9.59. The van der Waals surface area contributed by atoms with Crippen LogP contribution in [0.3, 0.4) is 0 Å². The van der Waals surface area contributed by atoms with Crippen molar-refractivity contribution in [2.75, 3.05) is 0 Å². The van der Waals surface area contributed by atoms with Gasteiger partial charge in [0.15, 0.2) is 0 Å². The number of rotatable bonds is 3. The summed E-state index contributed by atoms with van der Waals surface area (Å²) < 4.78 is 1.99. The van der Waals surface area contributed by atoms with E-state index in [1.807, 2.05) is 29.1 Å². The standard InChI is InChI=1S/C17H23N3/c1-17(2)11-6-9-14(17)16(18)15-10-12-19-20(15)13-7-4-3-5-8-13/h3-5,7-8,10,12,14,16H,6,9,11,18H2,1-2H3. The molecule has 2 N–H and O–H groups in total. The third-order valence-corrected chi connectivity index (χ3v) is 4.79. The van der Waals surface area contributed by atoms with E-state index in [0.29, 0.717) is 11.3 Å². The third-order valence-electron chi connectivity index (χ3n) is 4.79. The molecule has 1 aromatic heterocycles.